The van der Waals surface area contributed by atoms with Crippen LogP contribution in [0.15, 0.2) is 29.2 Å². The maximum atomic E-state index is 11.1. The van der Waals surface area contributed by atoms with E-state index < -0.39 is 10.0 Å². The number of benzene rings is 1. The normalized spacial score (nSPS) is 13.4. The van der Waals surface area contributed by atoms with Gasteiger partial charge in [-0.1, -0.05) is 19.8 Å². The third-order valence-electron chi connectivity index (χ3n) is 2.59. The summed E-state index contributed by atoms with van der Waals surface area (Å²) in [5, 5.41) is 8.35. The molecule has 0 saturated heterocycles. The first-order chi connectivity index (χ1) is 7.93. The van der Waals surface area contributed by atoms with Crippen LogP contribution >= 0.6 is 0 Å². The van der Waals surface area contributed by atoms with Crippen molar-refractivity contribution >= 4 is 15.7 Å². The zero-order valence-electron chi connectivity index (χ0n) is 10.3. The van der Waals surface area contributed by atoms with E-state index in [-0.39, 0.29) is 4.90 Å². The first kappa shape index (κ1) is 14.0. The Morgan fingerprint density at radius 3 is 2.35 bits per heavy atom. The summed E-state index contributed by atoms with van der Waals surface area (Å²) in [4.78, 5) is 0.143. The SMILES string of the molecule is CCCCC(C)Nc1ccc(S(N)(=O)=O)cc1. The second-order valence-corrected chi connectivity index (χ2v) is 5.82. The predicted molar refractivity (Wildman–Crippen MR) is 70.4 cm³/mol. The van der Waals surface area contributed by atoms with Gasteiger partial charge in [-0.25, -0.2) is 13.6 Å². The van der Waals surface area contributed by atoms with Gasteiger partial charge in [-0.15, -0.1) is 0 Å². The Morgan fingerprint density at radius 1 is 1.29 bits per heavy atom. The molecule has 5 heteroatoms. The molecule has 0 heterocycles. The fraction of sp³-hybridized carbons (Fsp3) is 0.500. The Bertz CT molecular complexity index is 440. The molecule has 4 nitrogen and oxygen atoms in total. The summed E-state index contributed by atoms with van der Waals surface area (Å²) in [6.07, 6.45) is 3.47. The molecule has 17 heavy (non-hydrogen) atoms. The molecular weight excluding hydrogens is 236 g/mol. The number of hydrogen-bond donors (Lipinski definition) is 2. The van der Waals surface area contributed by atoms with Gasteiger partial charge in [-0.3, -0.25) is 0 Å². The third-order valence-corrected chi connectivity index (χ3v) is 3.52. The number of sulfonamides is 1. The lowest BCUT2D eigenvalue weighted by Gasteiger charge is -2.14. The molecule has 1 aromatic carbocycles. The summed E-state index contributed by atoms with van der Waals surface area (Å²) >= 11 is 0. The average Bonchev–Trinajstić information content (AvgIpc) is 2.26. The molecule has 96 valence electrons. The Balaban J connectivity index is 2.63. The van der Waals surface area contributed by atoms with Crippen molar-refractivity contribution in [2.24, 2.45) is 5.14 Å². The van der Waals surface area contributed by atoms with Crippen LogP contribution in [-0.4, -0.2) is 14.5 Å². The minimum atomic E-state index is -3.59. The molecule has 0 amide bonds. The summed E-state index contributed by atoms with van der Waals surface area (Å²) in [6.45, 7) is 4.27. The summed E-state index contributed by atoms with van der Waals surface area (Å²) in [7, 11) is -3.59. The van der Waals surface area contributed by atoms with Crippen LogP contribution in [0.5, 0.6) is 0 Å². The highest BCUT2D eigenvalue weighted by Gasteiger charge is 2.07. The highest BCUT2D eigenvalue weighted by molar-refractivity contribution is 7.89. The Kier molecular flexibility index (Phi) is 4.96. The van der Waals surface area contributed by atoms with Crippen LogP contribution in [0.4, 0.5) is 5.69 Å². The molecule has 3 N–H and O–H groups in total. The van der Waals surface area contributed by atoms with Crippen LogP contribution in [0.1, 0.15) is 33.1 Å². The minimum absolute atomic E-state index is 0.143. The summed E-state index contributed by atoms with van der Waals surface area (Å²) in [5.41, 5.74) is 0.918. The van der Waals surface area contributed by atoms with E-state index in [1.807, 2.05) is 0 Å². The number of anilines is 1. The van der Waals surface area contributed by atoms with Gasteiger partial charge in [0.25, 0.3) is 0 Å². The van der Waals surface area contributed by atoms with Gasteiger partial charge in [0.2, 0.25) is 10.0 Å². The largest absolute Gasteiger partial charge is 0.383 e. The summed E-state index contributed by atoms with van der Waals surface area (Å²) in [5.74, 6) is 0. The van der Waals surface area contributed by atoms with Gasteiger partial charge < -0.3 is 5.32 Å². The van der Waals surface area contributed by atoms with E-state index in [1.165, 1.54) is 25.0 Å². The number of rotatable bonds is 6. The first-order valence-corrected chi connectivity index (χ1v) is 7.37. The fourth-order valence-corrected chi connectivity index (χ4v) is 2.12. The molecule has 1 aromatic rings. The number of hydrogen-bond acceptors (Lipinski definition) is 3. The zero-order chi connectivity index (χ0) is 12.9. The summed E-state index contributed by atoms with van der Waals surface area (Å²) in [6, 6.07) is 6.90. The van der Waals surface area contributed by atoms with Crippen LogP contribution < -0.4 is 10.5 Å². The lowest BCUT2D eigenvalue weighted by Crippen LogP contribution is -2.15. The van der Waals surface area contributed by atoms with Gasteiger partial charge in [0.05, 0.1) is 4.90 Å². The molecule has 0 spiro atoms. The molecule has 1 rings (SSSR count). The van der Waals surface area contributed by atoms with E-state index in [2.05, 4.69) is 19.2 Å². The molecule has 0 aliphatic heterocycles. The number of primary sulfonamides is 1. The number of nitrogens with one attached hydrogen (secondary N) is 1. The molecule has 0 fully saturated rings. The topological polar surface area (TPSA) is 72.2 Å². The molecule has 1 atom stereocenters. The van der Waals surface area contributed by atoms with E-state index in [0.717, 1.165) is 12.1 Å². The van der Waals surface area contributed by atoms with Crippen LogP contribution in [0.2, 0.25) is 0 Å². The van der Waals surface area contributed by atoms with Gasteiger partial charge >= 0.3 is 0 Å². The zero-order valence-corrected chi connectivity index (χ0v) is 11.1. The first-order valence-electron chi connectivity index (χ1n) is 5.83. The van der Waals surface area contributed by atoms with Crippen molar-refractivity contribution in [2.45, 2.75) is 44.0 Å². The van der Waals surface area contributed by atoms with Gasteiger partial charge in [-0.2, -0.15) is 0 Å². The number of unbranched alkanes of at least 4 members (excludes halogenated alkanes) is 1. The van der Waals surface area contributed by atoms with Crippen molar-refractivity contribution < 1.29 is 8.42 Å². The highest BCUT2D eigenvalue weighted by Crippen LogP contribution is 2.15. The van der Waals surface area contributed by atoms with Crippen molar-refractivity contribution in [3.8, 4) is 0 Å². The van der Waals surface area contributed by atoms with Crippen LogP contribution in [0, 0.1) is 0 Å². The lowest BCUT2D eigenvalue weighted by atomic mass is 10.1. The lowest BCUT2D eigenvalue weighted by molar-refractivity contribution is 0.598. The van der Waals surface area contributed by atoms with Gasteiger partial charge in [0.15, 0.2) is 0 Å². The van der Waals surface area contributed by atoms with Crippen LogP contribution in [-0.2, 0) is 10.0 Å². The Morgan fingerprint density at radius 2 is 1.88 bits per heavy atom. The third kappa shape index (κ3) is 4.75. The maximum absolute atomic E-state index is 11.1. The van der Waals surface area contributed by atoms with Gasteiger partial charge in [0, 0.05) is 11.7 Å². The van der Waals surface area contributed by atoms with E-state index in [9.17, 15) is 8.42 Å². The van der Waals surface area contributed by atoms with E-state index >= 15 is 0 Å². The van der Waals surface area contributed by atoms with Crippen molar-refractivity contribution in [1.82, 2.24) is 0 Å². The second-order valence-electron chi connectivity index (χ2n) is 4.26. The summed E-state index contributed by atoms with van der Waals surface area (Å²) < 4.78 is 22.1. The molecule has 0 radical (unpaired) electrons. The molecule has 0 bridgehead atoms. The van der Waals surface area contributed by atoms with E-state index in [1.54, 1.807) is 12.1 Å². The Labute approximate surface area is 103 Å². The van der Waals surface area contributed by atoms with Crippen LogP contribution in [0.3, 0.4) is 0 Å². The van der Waals surface area contributed by atoms with Crippen molar-refractivity contribution in [3.63, 3.8) is 0 Å². The monoisotopic (exact) mass is 256 g/mol. The van der Waals surface area contributed by atoms with Gasteiger partial charge in [-0.05, 0) is 37.6 Å². The molecule has 1 unspecified atom stereocenters. The standard InChI is InChI=1S/C12H20N2O2S/c1-3-4-5-10(2)14-11-6-8-12(9-7-11)17(13,15)16/h6-10,14H,3-5H2,1-2H3,(H2,13,15,16). The Hall–Kier alpha value is -1.07. The molecule has 0 aliphatic rings. The van der Waals surface area contributed by atoms with Gasteiger partial charge in [0.1, 0.15) is 0 Å². The average molecular weight is 256 g/mol. The smallest absolute Gasteiger partial charge is 0.238 e. The maximum Gasteiger partial charge on any atom is 0.238 e. The molecular formula is C12H20N2O2S. The number of nitrogens with two attached hydrogens (primary N) is 1. The van der Waals surface area contributed by atoms with Crippen molar-refractivity contribution in [3.05, 3.63) is 24.3 Å². The quantitative estimate of drug-likeness (QED) is 0.820. The highest BCUT2D eigenvalue weighted by atomic mass is 32.2. The fourth-order valence-electron chi connectivity index (χ4n) is 1.61. The van der Waals surface area contributed by atoms with Crippen LogP contribution in [0.25, 0.3) is 0 Å². The van der Waals surface area contributed by atoms with Crippen molar-refractivity contribution in [1.29, 1.82) is 0 Å². The van der Waals surface area contributed by atoms with E-state index in [4.69, 9.17) is 5.14 Å². The second kappa shape index (κ2) is 6.02. The van der Waals surface area contributed by atoms with E-state index in [0.29, 0.717) is 6.04 Å². The molecule has 0 aromatic heterocycles. The van der Waals surface area contributed by atoms with Crippen molar-refractivity contribution in [2.75, 3.05) is 5.32 Å². The minimum Gasteiger partial charge on any atom is -0.383 e. The predicted octanol–water partition coefficient (Wildman–Crippen LogP) is 2.32. The molecule has 0 saturated carbocycles. The molecule has 0 aliphatic carbocycles.